The van der Waals surface area contributed by atoms with Crippen LogP contribution in [0.25, 0.3) is 0 Å². The summed E-state index contributed by atoms with van der Waals surface area (Å²) in [6, 6.07) is 12.2. The van der Waals surface area contributed by atoms with Gasteiger partial charge in [-0.15, -0.1) is 0 Å². The van der Waals surface area contributed by atoms with Gasteiger partial charge in [-0.05, 0) is 34.7 Å². The van der Waals surface area contributed by atoms with E-state index in [1.54, 1.807) is 12.7 Å². The van der Waals surface area contributed by atoms with Gasteiger partial charge in [-0.3, -0.25) is 0 Å². The molecule has 0 amide bonds. The number of fused-ring (bicyclic) bond motifs is 2. The molecule has 4 heteroatoms. The quantitative estimate of drug-likeness (QED) is 0.662. The van der Waals surface area contributed by atoms with Crippen molar-refractivity contribution in [2.45, 2.75) is 0 Å². The van der Waals surface area contributed by atoms with Gasteiger partial charge >= 0.3 is 0 Å². The molecule has 18 heavy (non-hydrogen) atoms. The Kier molecular flexibility index (Phi) is 1.80. The molecule has 0 aromatic heterocycles. The molecule has 0 spiro atoms. The first-order valence-corrected chi connectivity index (χ1v) is 5.65. The predicted octanol–water partition coefficient (Wildman–Crippen LogP) is 1.56. The van der Waals surface area contributed by atoms with Crippen molar-refractivity contribution in [3.63, 3.8) is 0 Å². The Hall–Kier alpha value is -2.62. The second-order valence-electron chi connectivity index (χ2n) is 4.15. The van der Waals surface area contributed by atoms with Crippen LogP contribution in [-0.2, 0) is 0 Å². The maximum absolute atomic E-state index is 4.22. The van der Waals surface area contributed by atoms with E-state index in [-0.39, 0.29) is 0 Å². The lowest BCUT2D eigenvalue weighted by molar-refractivity contribution is 1.38. The van der Waals surface area contributed by atoms with Crippen LogP contribution in [0.2, 0.25) is 0 Å². The lowest BCUT2D eigenvalue weighted by Crippen LogP contribution is -1.98. The van der Waals surface area contributed by atoms with Gasteiger partial charge in [0.15, 0.2) is 0 Å². The minimum Gasteiger partial charge on any atom is -0.235 e. The topological polar surface area (TPSA) is 49.4 Å². The molecule has 4 nitrogen and oxygen atoms in total. The maximum atomic E-state index is 4.22. The second-order valence-corrected chi connectivity index (χ2v) is 4.15. The summed E-state index contributed by atoms with van der Waals surface area (Å²) < 4.78 is 0. The monoisotopic (exact) mass is 232 g/mol. The highest BCUT2D eigenvalue weighted by Crippen LogP contribution is 2.12. The number of hydrogen-bond donors (Lipinski definition) is 0. The van der Waals surface area contributed by atoms with Crippen LogP contribution in [0.4, 0.5) is 11.4 Å². The van der Waals surface area contributed by atoms with E-state index < -0.39 is 0 Å². The zero-order chi connectivity index (χ0) is 11.9. The Balaban J connectivity index is 2.10. The third kappa shape index (κ3) is 1.32. The first-order chi connectivity index (χ1) is 8.90. The van der Waals surface area contributed by atoms with E-state index >= 15 is 0 Å². The number of benzene rings is 2. The van der Waals surface area contributed by atoms with Crippen LogP contribution < -0.4 is 10.7 Å². The fourth-order valence-electron chi connectivity index (χ4n) is 2.14. The van der Waals surface area contributed by atoms with Crippen LogP contribution in [0.15, 0.2) is 56.4 Å². The summed E-state index contributed by atoms with van der Waals surface area (Å²) in [5.41, 5.74) is 1.84. The van der Waals surface area contributed by atoms with Crippen LogP contribution in [0, 0.1) is 10.4 Å². The number of rotatable bonds is 0. The molecule has 0 saturated carbocycles. The molecule has 0 N–H and O–H groups in total. The smallest absolute Gasteiger partial charge is 0.116 e. The number of hydrogen-bond acceptors (Lipinski definition) is 4. The summed E-state index contributed by atoms with van der Waals surface area (Å²) in [5, 5.41) is 4.08. The van der Waals surface area contributed by atoms with Crippen molar-refractivity contribution >= 4 is 24.1 Å². The lowest BCUT2D eigenvalue weighted by atomic mass is 10.2. The average molecular weight is 232 g/mol. The third-order valence-electron chi connectivity index (χ3n) is 3.07. The van der Waals surface area contributed by atoms with Crippen molar-refractivity contribution in [2.75, 3.05) is 0 Å². The molecule has 0 atom stereocenters. The van der Waals surface area contributed by atoms with Crippen LogP contribution in [0.3, 0.4) is 0 Å². The predicted molar refractivity (Wildman–Crippen MR) is 69.2 cm³/mol. The maximum Gasteiger partial charge on any atom is 0.116 e. The molecule has 4 rings (SSSR count). The van der Waals surface area contributed by atoms with Crippen molar-refractivity contribution in [3.05, 3.63) is 57.5 Å². The van der Waals surface area contributed by atoms with E-state index in [2.05, 4.69) is 32.1 Å². The largest absolute Gasteiger partial charge is 0.235 e. The zero-order valence-electron chi connectivity index (χ0n) is 9.41. The van der Waals surface area contributed by atoms with E-state index in [0.717, 1.165) is 32.5 Å². The number of nitrogens with zero attached hydrogens (tertiary/aromatic N) is 4. The fraction of sp³-hybridized carbons (Fsp3) is 0. The van der Waals surface area contributed by atoms with Crippen LogP contribution in [0.5, 0.6) is 0 Å². The Bertz CT molecular complexity index is 846. The van der Waals surface area contributed by atoms with Gasteiger partial charge in [0.05, 0.1) is 22.1 Å². The summed E-state index contributed by atoms with van der Waals surface area (Å²) in [6.45, 7) is 0. The van der Waals surface area contributed by atoms with Gasteiger partial charge in [-0.1, -0.05) is 12.1 Å². The molecule has 0 saturated heterocycles. The molecular weight excluding hydrogens is 224 g/mol. The molecule has 2 heterocycles. The SMILES string of the molecule is C1=Nc2cc(=c3ccc4c(c3)N=CN=4)ccc2=N1. The minimum absolute atomic E-state index is 0.918. The molecule has 0 unspecified atom stereocenters. The standard InChI is InChI=1S/C14H8N4/c1-3-11-13(17-7-15-11)5-9(1)10-2-4-12-14(6-10)18-8-16-12/h1-8H. The van der Waals surface area contributed by atoms with E-state index in [0.29, 0.717) is 0 Å². The number of aliphatic imine (C=N–C) groups is 2. The van der Waals surface area contributed by atoms with Gasteiger partial charge in [0.1, 0.15) is 12.7 Å². The molecule has 0 radical (unpaired) electrons. The Morgan fingerprint density at radius 1 is 0.611 bits per heavy atom. The van der Waals surface area contributed by atoms with Crippen molar-refractivity contribution in [1.82, 2.24) is 0 Å². The molecule has 2 aliphatic heterocycles. The van der Waals surface area contributed by atoms with Crippen molar-refractivity contribution in [2.24, 2.45) is 20.0 Å². The highest BCUT2D eigenvalue weighted by molar-refractivity contribution is 5.67. The Morgan fingerprint density at radius 2 is 1.11 bits per heavy atom. The van der Waals surface area contributed by atoms with Crippen molar-refractivity contribution < 1.29 is 0 Å². The zero-order valence-corrected chi connectivity index (χ0v) is 9.41. The fourth-order valence-corrected chi connectivity index (χ4v) is 2.14. The summed E-state index contributed by atoms with van der Waals surface area (Å²) in [5.74, 6) is 0. The molecule has 2 aromatic carbocycles. The second kappa shape index (κ2) is 3.43. The first kappa shape index (κ1) is 9.41. The molecule has 0 bridgehead atoms. The summed E-state index contributed by atoms with van der Waals surface area (Å²) >= 11 is 0. The van der Waals surface area contributed by atoms with Gasteiger partial charge in [-0.2, -0.15) is 0 Å². The van der Waals surface area contributed by atoms with Crippen molar-refractivity contribution in [1.29, 1.82) is 0 Å². The van der Waals surface area contributed by atoms with Crippen LogP contribution >= 0.6 is 0 Å². The normalized spacial score (nSPS) is 16.0. The van der Waals surface area contributed by atoms with Crippen LogP contribution in [-0.4, -0.2) is 12.7 Å². The molecule has 0 aliphatic carbocycles. The van der Waals surface area contributed by atoms with Crippen LogP contribution in [0.1, 0.15) is 0 Å². The van der Waals surface area contributed by atoms with Gasteiger partial charge < -0.3 is 0 Å². The van der Waals surface area contributed by atoms with E-state index in [1.807, 2.05) is 24.3 Å². The lowest BCUT2D eigenvalue weighted by Gasteiger charge is -1.93. The average Bonchev–Trinajstić information content (AvgIpc) is 3.05. The first-order valence-electron chi connectivity index (χ1n) is 5.65. The van der Waals surface area contributed by atoms with Gasteiger partial charge in [0.2, 0.25) is 0 Å². The van der Waals surface area contributed by atoms with E-state index in [4.69, 9.17) is 0 Å². The molecule has 2 aliphatic rings. The Morgan fingerprint density at radius 3 is 1.61 bits per heavy atom. The van der Waals surface area contributed by atoms with Gasteiger partial charge in [0, 0.05) is 0 Å². The summed E-state index contributed by atoms with van der Waals surface area (Å²) in [7, 11) is 0. The van der Waals surface area contributed by atoms with Crippen molar-refractivity contribution in [3.8, 4) is 0 Å². The Labute approximate surface area is 102 Å². The molecule has 0 fully saturated rings. The van der Waals surface area contributed by atoms with Gasteiger partial charge in [-0.25, -0.2) is 20.0 Å². The highest BCUT2D eigenvalue weighted by atomic mass is 14.9. The third-order valence-corrected chi connectivity index (χ3v) is 3.07. The van der Waals surface area contributed by atoms with E-state index in [1.165, 1.54) is 0 Å². The van der Waals surface area contributed by atoms with Gasteiger partial charge in [0.25, 0.3) is 0 Å². The summed E-state index contributed by atoms with van der Waals surface area (Å²) in [4.78, 5) is 16.8. The minimum atomic E-state index is 0.918. The highest BCUT2D eigenvalue weighted by Gasteiger charge is 2.00. The molecule has 2 aromatic rings. The van der Waals surface area contributed by atoms with E-state index in [9.17, 15) is 0 Å². The molecule has 84 valence electrons. The summed E-state index contributed by atoms with van der Waals surface area (Å²) in [6.07, 6.45) is 3.17. The molecular formula is C14H8N4.